The van der Waals surface area contributed by atoms with Crippen molar-refractivity contribution in [2.45, 2.75) is 19.5 Å². The van der Waals surface area contributed by atoms with Crippen LogP contribution in [0, 0.1) is 0 Å². The maximum atomic E-state index is 12.9. The van der Waals surface area contributed by atoms with E-state index in [0.29, 0.717) is 22.4 Å². The first-order chi connectivity index (χ1) is 15.3. The van der Waals surface area contributed by atoms with Gasteiger partial charge in [-0.2, -0.15) is 13.2 Å². The highest BCUT2D eigenvalue weighted by Crippen LogP contribution is 2.36. The van der Waals surface area contributed by atoms with Gasteiger partial charge in [0.15, 0.2) is 5.01 Å². The van der Waals surface area contributed by atoms with E-state index in [4.69, 9.17) is 0 Å². The Bertz CT molecular complexity index is 1250. The Hall–Kier alpha value is -3.31. The highest BCUT2D eigenvalue weighted by Gasteiger charge is 2.30. The van der Waals surface area contributed by atoms with Gasteiger partial charge in [-0.05, 0) is 47.3 Å². The van der Waals surface area contributed by atoms with Gasteiger partial charge >= 0.3 is 6.18 Å². The molecule has 164 valence electrons. The van der Waals surface area contributed by atoms with Gasteiger partial charge in [-0.25, -0.2) is 4.98 Å². The molecule has 0 aliphatic heterocycles. The minimum atomic E-state index is -4.41. The number of alkyl halides is 3. The van der Waals surface area contributed by atoms with Crippen LogP contribution in [0.15, 0.2) is 54.0 Å². The number of nitrogens with one attached hydrogen (secondary N) is 2. The number of amides is 1. The molecule has 0 aliphatic rings. The summed E-state index contributed by atoms with van der Waals surface area (Å²) in [7, 11) is 0. The Balaban J connectivity index is 1.52. The molecule has 0 unspecified atom stereocenters. The van der Waals surface area contributed by atoms with E-state index in [1.807, 2.05) is 23.6 Å². The molecule has 1 aromatic carbocycles. The summed E-state index contributed by atoms with van der Waals surface area (Å²) >= 11 is 2.82. The van der Waals surface area contributed by atoms with Crippen LogP contribution in [0.5, 0.6) is 0 Å². The van der Waals surface area contributed by atoms with Crippen molar-refractivity contribution >= 4 is 45.2 Å². The van der Waals surface area contributed by atoms with Crippen LogP contribution < -0.4 is 10.6 Å². The summed E-state index contributed by atoms with van der Waals surface area (Å²) in [5.41, 5.74) is 1.43. The minimum Gasteiger partial charge on any atom is -0.330 e. The Labute approximate surface area is 189 Å². The summed E-state index contributed by atoms with van der Waals surface area (Å²) < 4.78 is 38.8. The average molecular weight is 476 g/mol. The monoisotopic (exact) mass is 475 g/mol. The van der Waals surface area contributed by atoms with Crippen molar-refractivity contribution in [3.05, 3.63) is 70.0 Å². The average Bonchev–Trinajstić information content (AvgIpc) is 3.36. The zero-order valence-corrected chi connectivity index (χ0v) is 18.2. The molecule has 11 heteroatoms. The van der Waals surface area contributed by atoms with E-state index >= 15 is 0 Å². The van der Waals surface area contributed by atoms with Gasteiger partial charge < -0.3 is 10.6 Å². The van der Waals surface area contributed by atoms with Crippen LogP contribution in [0.25, 0.3) is 10.6 Å². The number of aromatic nitrogens is 3. The Kier molecular flexibility index (Phi) is 6.19. The fourth-order valence-electron chi connectivity index (χ4n) is 2.97. The van der Waals surface area contributed by atoms with Crippen LogP contribution >= 0.6 is 22.7 Å². The van der Waals surface area contributed by atoms with Crippen molar-refractivity contribution < 1.29 is 18.0 Å². The molecule has 3 heterocycles. The van der Waals surface area contributed by atoms with Gasteiger partial charge in [0.1, 0.15) is 5.82 Å². The van der Waals surface area contributed by atoms with Gasteiger partial charge in [0.05, 0.1) is 5.56 Å². The van der Waals surface area contributed by atoms with Crippen molar-refractivity contribution in [3.63, 3.8) is 0 Å². The molecule has 32 heavy (non-hydrogen) atoms. The molecule has 0 aliphatic carbocycles. The van der Waals surface area contributed by atoms with Crippen LogP contribution in [0.4, 0.5) is 29.8 Å². The first kappa shape index (κ1) is 21.9. The van der Waals surface area contributed by atoms with E-state index in [-0.39, 0.29) is 11.6 Å². The molecule has 4 rings (SSSR count). The van der Waals surface area contributed by atoms with E-state index in [9.17, 15) is 18.0 Å². The van der Waals surface area contributed by atoms with Gasteiger partial charge in [0.25, 0.3) is 0 Å². The quantitative estimate of drug-likeness (QED) is 0.359. The van der Waals surface area contributed by atoms with Crippen molar-refractivity contribution in [1.82, 2.24) is 15.2 Å². The molecule has 0 saturated heterocycles. The largest absolute Gasteiger partial charge is 0.416 e. The highest BCUT2D eigenvalue weighted by molar-refractivity contribution is 7.19. The van der Waals surface area contributed by atoms with E-state index in [0.717, 1.165) is 28.1 Å². The molecule has 0 atom stereocenters. The van der Waals surface area contributed by atoms with E-state index < -0.39 is 11.7 Å². The SMILES string of the molecule is CC(=O)Nc1cc(Cc2sccc2-c2nnc(Nc3cccc(C(F)(F)F)c3)s2)ccn1. The number of hydrogen-bond donors (Lipinski definition) is 2. The normalized spacial score (nSPS) is 11.4. The lowest BCUT2D eigenvalue weighted by Crippen LogP contribution is -2.07. The predicted octanol–water partition coefficient (Wildman–Crippen LogP) is 5.97. The number of hydrogen-bond acceptors (Lipinski definition) is 7. The third kappa shape index (κ3) is 5.29. The van der Waals surface area contributed by atoms with Crippen LogP contribution in [0.3, 0.4) is 0 Å². The molecule has 0 fully saturated rings. The number of nitrogens with zero attached hydrogens (tertiary/aromatic N) is 3. The lowest BCUT2D eigenvalue weighted by Gasteiger charge is -2.08. The Morgan fingerprint density at radius 3 is 2.75 bits per heavy atom. The van der Waals surface area contributed by atoms with Crippen LogP contribution in [-0.2, 0) is 17.4 Å². The number of carbonyl (C=O) groups is 1. The molecule has 0 saturated carbocycles. The third-order valence-corrected chi connectivity index (χ3v) is 6.13. The Morgan fingerprint density at radius 2 is 1.97 bits per heavy atom. The summed E-state index contributed by atoms with van der Waals surface area (Å²) in [5, 5.41) is 16.8. The first-order valence-corrected chi connectivity index (χ1v) is 11.0. The summed E-state index contributed by atoms with van der Waals surface area (Å²) in [4.78, 5) is 16.4. The van der Waals surface area contributed by atoms with Gasteiger partial charge in [-0.3, -0.25) is 4.79 Å². The van der Waals surface area contributed by atoms with Gasteiger partial charge in [0.2, 0.25) is 11.0 Å². The fraction of sp³-hybridized carbons (Fsp3) is 0.143. The molecule has 4 aromatic rings. The van der Waals surface area contributed by atoms with E-state index in [1.54, 1.807) is 23.6 Å². The van der Waals surface area contributed by atoms with Gasteiger partial charge in [-0.1, -0.05) is 17.4 Å². The standard InChI is InChI=1S/C21H16F3N5OS2/c1-12(30)26-18-10-13(5-7-25-18)9-17-16(6-8-31-17)19-28-29-20(32-19)27-15-4-2-3-14(11-15)21(22,23)24/h2-8,10-11H,9H2,1H3,(H,27,29)(H,25,26,30). The van der Waals surface area contributed by atoms with Gasteiger partial charge in [-0.15, -0.1) is 21.5 Å². The van der Waals surface area contributed by atoms with Crippen molar-refractivity contribution in [2.24, 2.45) is 0 Å². The molecule has 0 spiro atoms. The fourth-order valence-corrected chi connectivity index (χ4v) is 4.76. The number of pyridine rings is 1. The number of anilines is 3. The zero-order valence-electron chi connectivity index (χ0n) is 16.6. The lowest BCUT2D eigenvalue weighted by molar-refractivity contribution is -0.137. The first-order valence-electron chi connectivity index (χ1n) is 9.35. The molecular formula is C21H16F3N5OS2. The Morgan fingerprint density at radius 1 is 1.12 bits per heavy atom. The number of benzene rings is 1. The topological polar surface area (TPSA) is 79.8 Å². The second-order valence-electron chi connectivity index (χ2n) is 6.78. The molecule has 1 amide bonds. The number of thiophene rings is 1. The summed E-state index contributed by atoms with van der Waals surface area (Å²) in [5.74, 6) is 0.290. The van der Waals surface area contributed by atoms with E-state index in [1.165, 1.54) is 24.3 Å². The van der Waals surface area contributed by atoms with Crippen LogP contribution in [-0.4, -0.2) is 21.1 Å². The van der Waals surface area contributed by atoms with Crippen LogP contribution in [0.1, 0.15) is 22.9 Å². The predicted molar refractivity (Wildman–Crippen MR) is 119 cm³/mol. The summed E-state index contributed by atoms with van der Waals surface area (Å²) in [6.07, 6.45) is -2.17. The van der Waals surface area contributed by atoms with Crippen molar-refractivity contribution in [1.29, 1.82) is 0 Å². The van der Waals surface area contributed by atoms with E-state index in [2.05, 4.69) is 25.8 Å². The minimum absolute atomic E-state index is 0.193. The van der Waals surface area contributed by atoms with Crippen LogP contribution in [0.2, 0.25) is 0 Å². The summed E-state index contributed by atoms with van der Waals surface area (Å²) in [6.45, 7) is 1.42. The van der Waals surface area contributed by atoms with Gasteiger partial charge in [0, 0.05) is 35.7 Å². The molecule has 0 bridgehead atoms. The highest BCUT2D eigenvalue weighted by atomic mass is 32.1. The second-order valence-corrected chi connectivity index (χ2v) is 8.76. The number of rotatable bonds is 6. The maximum Gasteiger partial charge on any atom is 0.416 e. The zero-order chi connectivity index (χ0) is 22.7. The number of carbonyl (C=O) groups excluding carboxylic acids is 1. The smallest absolute Gasteiger partial charge is 0.330 e. The molecule has 2 N–H and O–H groups in total. The molecule has 3 aromatic heterocycles. The molecule has 0 radical (unpaired) electrons. The number of halogens is 3. The maximum absolute atomic E-state index is 12.9. The van der Waals surface area contributed by atoms with Crippen molar-refractivity contribution in [3.8, 4) is 10.6 Å². The second kappa shape index (κ2) is 9.05. The summed E-state index contributed by atoms with van der Waals surface area (Å²) in [6, 6.07) is 10.6. The van der Waals surface area contributed by atoms with Crippen molar-refractivity contribution in [2.75, 3.05) is 10.6 Å². The lowest BCUT2D eigenvalue weighted by atomic mass is 10.1. The molecule has 6 nitrogen and oxygen atoms in total. The third-order valence-electron chi connectivity index (χ3n) is 4.34. The molecular weight excluding hydrogens is 459 g/mol.